The lowest BCUT2D eigenvalue weighted by Gasteiger charge is -2.33. The van der Waals surface area contributed by atoms with Gasteiger partial charge in [0.1, 0.15) is 11.5 Å². The monoisotopic (exact) mass is 256 g/mol. The summed E-state index contributed by atoms with van der Waals surface area (Å²) in [6, 6.07) is 14.9. The van der Waals surface area contributed by atoms with Crippen LogP contribution in [-0.2, 0) is 5.41 Å². The second kappa shape index (κ2) is 5.35. The molecule has 0 heterocycles. The van der Waals surface area contributed by atoms with Crippen molar-refractivity contribution < 1.29 is 10.2 Å². The summed E-state index contributed by atoms with van der Waals surface area (Å²) < 4.78 is 0. The molecule has 100 valence electrons. The number of rotatable bonds is 4. The Bertz CT molecular complexity index is 542. The van der Waals surface area contributed by atoms with Crippen LogP contribution < -0.4 is 0 Å². The highest BCUT2D eigenvalue weighted by atomic mass is 16.3. The van der Waals surface area contributed by atoms with Gasteiger partial charge in [-0.2, -0.15) is 0 Å². The van der Waals surface area contributed by atoms with Gasteiger partial charge in [-0.05, 0) is 36.6 Å². The van der Waals surface area contributed by atoms with Gasteiger partial charge in [0.15, 0.2) is 0 Å². The maximum atomic E-state index is 10.2. The molecule has 0 aliphatic rings. The van der Waals surface area contributed by atoms with Gasteiger partial charge in [-0.15, -0.1) is 0 Å². The molecule has 2 aromatic rings. The van der Waals surface area contributed by atoms with Gasteiger partial charge in [0.05, 0.1) is 0 Å². The van der Waals surface area contributed by atoms with E-state index in [2.05, 4.69) is 26.0 Å². The minimum atomic E-state index is -0.260. The average molecular weight is 256 g/mol. The molecule has 0 bridgehead atoms. The molecule has 2 nitrogen and oxygen atoms in total. The molecule has 2 aromatic carbocycles. The molecule has 0 saturated heterocycles. The van der Waals surface area contributed by atoms with Crippen LogP contribution in [0, 0.1) is 0 Å². The van der Waals surface area contributed by atoms with E-state index in [-0.39, 0.29) is 16.9 Å². The van der Waals surface area contributed by atoms with E-state index in [1.165, 1.54) is 11.6 Å². The Labute approximate surface area is 114 Å². The van der Waals surface area contributed by atoms with E-state index in [9.17, 15) is 10.2 Å². The van der Waals surface area contributed by atoms with Crippen LogP contribution in [0.5, 0.6) is 11.5 Å². The van der Waals surface area contributed by atoms with E-state index >= 15 is 0 Å². The number of aromatic hydroxyl groups is 2. The maximum absolute atomic E-state index is 10.2. The average Bonchev–Trinajstić information content (AvgIpc) is 2.46. The Morgan fingerprint density at radius 2 is 1.53 bits per heavy atom. The molecule has 2 N–H and O–H groups in total. The summed E-state index contributed by atoms with van der Waals surface area (Å²) >= 11 is 0. The van der Waals surface area contributed by atoms with Crippen molar-refractivity contribution >= 4 is 0 Å². The lowest BCUT2D eigenvalue weighted by atomic mass is 9.70. The molecular weight excluding hydrogens is 236 g/mol. The number of phenols is 2. The lowest BCUT2D eigenvalue weighted by molar-refractivity contribution is 0.411. The van der Waals surface area contributed by atoms with Crippen LogP contribution in [0.4, 0.5) is 0 Å². The zero-order chi connectivity index (χ0) is 13.9. The van der Waals surface area contributed by atoms with Gasteiger partial charge >= 0.3 is 0 Å². The highest BCUT2D eigenvalue weighted by Gasteiger charge is 2.33. The molecule has 19 heavy (non-hydrogen) atoms. The normalized spacial score (nSPS) is 11.5. The molecule has 0 spiro atoms. The molecule has 2 rings (SSSR count). The number of hydrogen-bond acceptors (Lipinski definition) is 2. The molecule has 0 aliphatic heterocycles. The molecule has 0 aromatic heterocycles. The Morgan fingerprint density at radius 3 is 2.11 bits per heavy atom. The Kier molecular flexibility index (Phi) is 3.79. The second-order valence-electron chi connectivity index (χ2n) is 4.86. The predicted molar refractivity (Wildman–Crippen MR) is 77.6 cm³/mol. The largest absolute Gasteiger partial charge is 0.508 e. The number of phenolic OH excluding ortho intramolecular Hbond substituents is 2. The Hall–Kier alpha value is -1.96. The zero-order valence-electron chi connectivity index (χ0n) is 11.4. The minimum absolute atomic E-state index is 0.190. The van der Waals surface area contributed by atoms with Crippen molar-refractivity contribution in [3.05, 3.63) is 59.7 Å². The van der Waals surface area contributed by atoms with Crippen molar-refractivity contribution in [2.45, 2.75) is 32.1 Å². The van der Waals surface area contributed by atoms with Crippen molar-refractivity contribution in [3.63, 3.8) is 0 Å². The van der Waals surface area contributed by atoms with E-state index < -0.39 is 0 Å². The van der Waals surface area contributed by atoms with Gasteiger partial charge in [0.2, 0.25) is 0 Å². The fourth-order valence-electron chi connectivity index (χ4n) is 2.86. The number of hydrogen-bond donors (Lipinski definition) is 2. The summed E-state index contributed by atoms with van der Waals surface area (Å²) in [5.41, 5.74) is 1.70. The fourth-order valence-corrected chi connectivity index (χ4v) is 2.86. The highest BCUT2D eigenvalue weighted by Crippen LogP contribution is 2.43. The first-order valence-corrected chi connectivity index (χ1v) is 6.72. The van der Waals surface area contributed by atoms with Crippen molar-refractivity contribution in [2.75, 3.05) is 0 Å². The van der Waals surface area contributed by atoms with Gasteiger partial charge < -0.3 is 10.2 Å². The predicted octanol–water partition coefficient (Wildman–Crippen LogP) is 4.20. The van der Waals surface area contributed by atoms with E-state index in [1.807, 2.05) is 18.2 Å². The summed E-state index contributed by atoms with van der Waals surface area (Å²) in [5.74, 6) is 0.431. The van der Waals surface area contributed by atoms with Crippen molar-refractivity contribution in [2.24, 2.45) is 0 Å². The first kappa shape index (κ1) is 13.5. The minimum Gasteiger partial charge on any atom is -0.508 e. The molecule has 2 heteroatoms. The SMILES string of the molecule is CCC(CC)(c1ccccc1)c1cc(O)ccc1O. The Morgan fingerprint density at radius 1 is 0.895 bits per heavy atom. The summed E-state index contributed by atoms with van der Waals surface area (Å²) in [4.78, 5) is 0. The lowest BCUT2D eigenvalue weighted by Crippen LogP contribution is -2.26. The molecule has 0 atom stereocenters. The summed E-state index contributed by atoms with van der Waals surface area (Å²) in [5, 5.41) is 19.9. The van der Waals surface area contributed by atoms with Crippen LogP contribution in [-0.4, -0.2) is 10.2 Å². The first-order valence-electron chi connectivity index (χ1n) is 6.72. The van der Waals surface area contributed by atoms with Gasteiger partial charge in [0, 0.05) is 11.0 Å². The molecule has 0 saturated carbocycles. The molecule has 0 amide bonds. The van der Waals surface area contributed by atoms with Crippen LogP contribution in [0.3, 0.4) is 0 Å². The molecule has 0 aliphatic carbocycles. The van der Waals surface area contributed by atoms with E-state index in [0.717, 1.165) is 18.4 Å². The maximum Gasteiger partial charge on any atom is 0.119 e. The second-order valence-corrected chi connectivity index (χ2v) is 4.86. The summed E-state index contributed by atoms with van der Waals surface area (Å²) in [7, 11) is 0. The third kappa shape index (κ3) is 2.30. The van der Waals surface area contributed by atoms with Crippen LogP contribution in [0.1, 0.15) is 37.8 Å². The summed E-state index contributed by atoms with van der Waals surface area (Å²) in [6.45, 7) is 4.22. The van der Waals surface area contributed by atoms with Crippen LogP contribution in [0.15, 0.2) is 48.5 Å². The molecule has 0 radical (unpaired) electrons. The van der Waals surface area contributed by atoms with Crippen LogP contribution in [0.2, 0.25) is 0 Å². The third-order valence-electron chi connectivity index (χ3n) is 4.03. The van der Waals surface area contributed by atoms with Crippen molar-refractivity contribution in [1.29, 1.82) is 0 Å². The van der Waals surface area contributed by atoms with Gasteiger partial charge in [-0.1, -0.05) is 44.2 Å². The zero-order valence-corrected chi connectivity index (χ0v) is 11.4. The molecular formula is C17H20O2. The third-order valence-corrected chi connectivity index (χ3v) is 4.03. The van der Waals surface area contributed by atoms with Crippen LogP contribution in [0.25, 0.3) is 0 Å². The van der Waals surface area contributed by atoms with E-state index in [1.54, 1.807) is 12.1 Å². The Balaban J connectivity index is 2.66. The topological polar surface area (TPSA) is 40.5 Å². The quantitative estimate of drug-likeness (QED) is 0.805. The molecule has 0 unspecified atom stereocenters. The molecule has 0 fully saturated rings. The summed E-state index contributed by atoms with van der Waals surface area (Å²) in [6.07, 6.45) is 1.73. The fraction of sp³-hybridized carbons (Fsp3) is 0.294. The van der Waals surface area contributed by atoms with Crippen molar-refractivity contribution in [1.82, 2.24) is 0 Å². The highest BCUT2D eigenvalue weighted by molar-refractivity contribution is 5.49. The number of benzene rings is 2. The standard InChI is InChI=1S/C17H20O2/c1-3-17(4-2,13-8-6-5-7-9-13)15-12-14(18)10-11-16(15)19/h5-12,18-19H,3-4H2,1-2H3. The van der Waals surface area contributed by atoms with Gasteiger partial charge in [-0.25, -0.2) is 0 Å². The van der Waals surface area contributed by atoms with Gasteiger partial charge in [-0.3, -0.25) is 0 Å². The van der Waals surface area contributed by atoms with E-state index in [0.29, 0.717) is 0 Å². The smallest absolute Gasteiger partial charge is 0.119 e. The van der Waals surface area contributed by atoms with Gasteiger partial charge in [0.25, 0.3) is 0 Å². The van der Waals surface area contributed by atoms with E-state index in [4.69, 9.17) is 0 Å². The van der Waals surface area contributed by atoms with Crippen LogP contribution >= 0.6 is 0 Å². The first-order chi connectivity index (χ1) is 9.14. The van der Waals surface area contributed by atoms with Crippen molar-refractivity contribution in [3.8, 4) is 11.5 Å².